The van der Waals surface area contributed by atoms with Gasteiger partial charge >= 0.3 is 0 Å². The molecule has 0 unspecified atom stereocenters. The summed E-state index contributed by atoms with van der Waals surface area (Å²) in [6.45, 7) is 16.0. The topological polar surface area (TPSA) is 27.7 Å². The van der Waals surface area contributed by atoms with Gasteiger partial charge in [0.05, 0.1) is 0 Å². The Bertz CT molecular complexity index is 1670. The van der Waals surface area contributed by atoms with Crippen LogP contribution in [0.2, 0.25) is 0 Å². The van der Waals surface area contributed by atoms with Crippen molar-refractivity contribution in [2.24, 2.45) is 10.8 Å². The highest BCUT2D eigenvalue weighted by molar-refractivity contribution is 5.59. The molecule has 2 heterocycles. The van der Waals surface area contributed by atoms with Crippen molar-refractivity contribution in [3.8, 4) is 0 Å². The average Bonchev–Trinajstić information content (AvgIpc) is 3.48. The molecule has 0 radical (unpaired) electrons. The molecule has 0 N–H and O–H groups in total. The van der Waals surface area contributed by atoms with E-state index < -0.39 is 10.8 Å². The van der Waals surface area contributed by atoms with E-state index >= 15 is 0 Å². The molecule has 2 aliphatic heterocycles. The van der Waals surface area contributed by atoms with Crippen molar-refractivity contribution in [1.29, 1.82) is 0 Å². The predicted octanol–water partition coefficient (Wildman–Crippen LogP) is 24.9. The van der Waals surface area contributed by atoms with E-state index in [2.05, 4.69) is 13.8 Å². The minimum absolute atomic E-state index is 0.613. The second-order valence-electron chi connectivity index (χ2n) is 26.7. The maximum absolute atomic E-state index is 8.22. The summed E-state index contributed by atoms with van der Waals surface area (Å²) in [5, 5.41) is 0. The van der Waals surface area contributed by atoms with Crippen molar-refractivity contribution >= 4 is 0 Å². The lowest BCUT2D eigenvalue weighted by molar-refractivity contribution is 0.0163. The summed E-state index contributed by atoms with van der Waals surface area (Å²) < 4.78 is 23.7. The Morgan fingerprint density at radius 2 is 0.416 bits per heavy atom. The monoisotopic (exact) mass is 1050 g/mol. The third-order valence-electron chi connectivity index (χ3n) is 21.1. The molecule has 6 saturated carbocycles. The van der Waals surface area contributed by atoms with Crippen molar-refractivity contribution in [3.63, 3.8) is 0 Å². The summed E-state index contributed by atoms with van der Waals surface area (Å²) in [4.78, 5) is 0. The molecular weight excluding hydrogens is 937 g/mol. The van der Waals surface area contributed by atoms with Gasteiger partial charge in [-0.1, -0.05) is 217 Å². The zero-order valence-corrected chi connectivity index (χ0v) is 50.8. The fourth-order valence-corrected chi connectivity index (χ4v) is 16.2. The van der Waals surface area contributed by atoms with Crippen LogP contribution >= 0.6 is 0 Å². The van der Waals surface area contributed by atoms with Crippen molar-refractivity contribution in [3.05, 3.63) is 92.3 Å². The first-order valence-electron chi connectivity index (χ1n) is 34.7. The van der Waals surface area contributed by atoms with Gasteiger partial charge in [-0.2, -0.15) is 0 Å². The Morgan fingerprint density at radius 3 is 0.597 bits per heavy atom. The summed E-state index contributed by atoms with van der Waals surface area (Å²) in [6.07, 6.45) is 69.5. The normalized spacial score (nSPS) is 25.6. The summed E-state index contributed by atoms with van der Waals surface area (Å²) >= 11 is 0. The first-order valence-corrected chi connectivity index (χ1v) is 34.7. The highest BCUT2D eigenvalue weighted by Gasteiger charge is 2.62. The number of allylic oxidation sites excluding steroid dienone is 6. The molecule has 0 aromatic carbocycles. The Morgan fingerprint density at radius 1 is 0.260 bits per heavy atom. The van der Waals surface area contributed by atoms with Crippen LogP contribution in [0, 0.1) is 10.8 Å². The van der Waals surface area contributed by atoms with Gasteiger partial charge in [0.1, 0.15) is 34.6 Å². The molecule has 0 bridgehead atoms. The first-order chi connectivity index (χ1) is 38.0. The zero-order valence-electron chi connectivity index (χ0n) is 50.8. The Kier molecular flexibility index (Phi) is 25.6. The molecule has 0 aromatic rings. The molecule has 8 rings (SSSR count). The quantitative estimate of drug-likeness (QED) is 0.196. The standard InChI is InChI=1S/C74H118O3/c1-59(63-47-35-23-11-5-12-24-36-48-63)73(69(65-51-39-27-15-7-16-28-40-52-65)76-70(73)66-53-41-29-17-8-18-30-42-54-66)61(3)75-62(4)74(60(2)64-49-37-25-13-6-14-26-38-50-64)71(67-55-43-31-19-9-20-32-44-56-67)77-72(74)68-57-45-33-21-10-22-34-46-58-68/h3-58H2,1-2H3. The van der Waals surface area contributed by atoms with E-state index in [1.165, 1.54) is 330 Å². The number of hydrogen-bond acceptors (Lipinski definition) is 3. The largest absolute Gasteiger partial charge is 0.463 e. The van der Waals surface area contributed by atoms with Crippen LogP contribution in [0.5, 0.6) is 0 Å². The van der Waals surface area contributed by atoms with E-state index in [1.807, 2.05) is 0 Å². The third kappa shape index (κ3) is 15.9. The highest BCUT2D eigenvalue weighted by Crippen LogP contribution is 2.67. The molecule has 3 nitrogen and oxygen atoms in total. The van der Waals surface area contributed by atoms with Crippen molar-refractivity contribution in [2.45, 2.75) is 361 Å². The van der Waals surface area contributed by atoms with E-state index in [-0.39, 0.29) is 0 Å². The van der Waals surface area contributed by atoms with Crippen molar-refractivity contribution < 1.29 is 14.2 Å². The van der Waals surface area contributed by atoms with Crippen LogP contribution in [-0.2, 0) is 14.2 Å². The van der Waals surface area contributed by atoms with Gasteiger partial charge in [-0.3, -0.25) is 0 Å². The number of ether oxygens (including phenoxy) is 3. The van der Waals surface area contributed by atoms with E-state index in [0.717, 1.165) is 62.9 Å². The molecule has 8 aliphatic rings. The predicted molar refractivity (Wildman–Crippen MR) is 329 cm³/mol. The maximum atomic E-state index is 8.22. The summed E-state index contributed by atoms with van der Waals surface area (Å²) in [7, 11) is 0. The van der Waals surface area contributed by atoms with Crippen molar-refractivity contribution in [1.82, 2.24) is 0 Å². The fourth-order valence-electron chi connectivity index (χ4n) is 16.2. The Balaban J connectivity index is 1.37. The van der Waals surface area contributed by atoms with Gasteiger partial charge in [0.15, 0.2) is 10.8 Å². The van der Waals surface area contributed by atoms with Crippen LogP contribution < -0.4 is 0 Å². The van der Waals surface area contributed by atoms with Crippen LogP contribution in [0.3, 0.4) is 0 Å². The molecule has 432 valence electrons. The first kappa shape index (κ1) is 60.4. The summed E-state index contributed by atoms with van der Waals surface area (Å²) in [5.41, 5.74) is 11.4. The molecule has 0 amide bonds. The van der Waals surface area contributed by atoms with Crippen LogP contribution in [0.4, 0.5) is 0 Å². The van der Waals surface area contributed by atoms with Gasteiger partial charge < -0.3 is 14.2 Å². The van der Waals surface area contributed by atoms with E-state index in [4.69, 9.17) is 27.4 Å². The highest BCUT2D eigenvalue weighted by atomic mass is 16.5. The minimum atomic E-state index is -0.613. The van der Waals surface area contributed by atoms with Gasteiger partial charge in [-0.05, 0) is 201 Å². The lowest BCUT2D eigenvalue weighted by Gasteiger charge is -2.54. The van der Waals surface area contributed by atoms with E-state index in [9.17, 15) is 0 Å². The molecule has 6 aliphatic carbocycles. The Hall–Kier alpha value is -2.68. The van der Waals surface area contributed by atoms with E-state index in [1.54, 1.807) is 33.4 Å². The van der Waals surface area contributed by atoms with Gasteiger partial charge in [0.25, 0.3) is 0 Å². The minimum Gasteiger partial charge on any atom is -0.463 e. The molecule has 77 heavy (non-hydrogen) atoms. The zero-order chi connectivity index (χ0) is 53.4. The van der Waals surface area contributed by atoms with Gasteiger partial charge in [-0.25, -0.2) is 0 Å². The van der Waals surface area contributed by atoms with Crippen LogP contribution in [0.15, 0.2) is 92.3 Å². The molecule has 0 aromatic heterocycles. The molecule has 0 spiro atoms. The maximum Gasteiger partial charge on any atom is 0.164 e. The molecule has 8 fully saturated rings. The fraction of sp³-hybridized carbons (Fsp3) is 0.784. The van der Waals surface area contributed by atoms with Crippen LogP contribution in [0.1, 0.15) is 361 Å². The third-order valence-corrected chi connectivity index (χ3v) is 21.1. The lowest BCUT2D eigenvalue weighted by Crippen LogP contribution is -2.47. The summed E-state index contributed by atoms with van der Waals surface area (Å²) in [5.74, 6) is 6.73. The second-order valence-corrected chi connectivity index (χ2v) is 26.7. The molecule has 0 atom stereocenters. The van der Waals surface area contributed by atoms with Gasteiger partial charge in [-0.15, -0.1) is 0 Å². The van der Waals surface area contributed by atoms with E-state index in [0.29, 0.717) is 0 Å². The number of rotatable bonds is 6. The van der Waals surface area contributed by atoms with Crippen LogP contribution in [-0.4, -0.2) is 0 Å². The molecule has 3 heteroatoms. The smallest absolute Gasteiger partial charge is 0.164 e. The lowest BCUT2D eigenvalue weighted by atomic mass is 9.64. The molecular formula is C74H118O3. The van der Waals surface area contributed by atoms with Crippen LogP contribution in [0.25, 0.3) is 0 Å². The SMILES string of the molecule is C=C(OC(=C)C1(C(C)=C2CCCCCCCCC2)C(=C2CCCCCCCCC2)OC1=C1CCCCCCCCC1)C1(C(C)=C2CCCCCCCCC2)C(=C2CCCCCCCCC2)OC1=C1CCCCCCCCC1. The second kappa shape index (κ2) is 32.7. The number of hydrogen-bond donors (Lipinski definition) is 0. The Labute approximate surface area is 475 Å². The summed E-state index contributed by atoms with van der Waals surface area (Å²) in [6, 6.07) is 0. The van der Waals surface area contributed by atoms with Crippen molar-refractivity contribution in [2.75, 3.05) is 0 Å². The van der Waals surface area contributed by atoms with Gasteiger partial charge in [0, 0.05) is 0 Å². The average molecular weight is 1060 g/mol. The molecule has 2 saturated heterocycles. The van der Waals surface area contributed by atoms with Gasteiger partial charge in [0.2, 0.25) is 0 Å².